The Hall–Kier alpha value is -1.86. The van der Waals surface area contributed by atoms with Crippen molar-refractivity contribution < 1.29 is 13.9 Å². The first kappa shape index (κ1) is 13.8. The number of oxazole rings is 1. The summed E-state index contributed by atoms with van der Waals surface area (Å²) in [4.78, 5) is 18.1. The molecule has 0 saturated carbocycles. The number of hydrogen-bond acceptors (Lipinski definition) is 6. The first-order chi connectivity index (χ1) is 10.7. The molecule has 22 heavy (non-hydrogen) atoms. The molecule has 3 atom stereocenters. The normalized spacial score (nSPS) is 26.3. The van der Waals surface area contributed by atoms with Gasteiger partial charge in [0.05, 0.1) is 16.9 Å². The fraction of sp³-hybridized carbons (Fsp3) is 0.467. The molecule has 2 aromatic heterocycles. The molecule has 0 aromatic carbocycles. The summed E-state index contributed by atoms with van der Waals surface area (Å²) in [5.74, 6) is 0.888. The summed E-state index contributed by atoms with van der Waals surface area (Å²) < 4.78 is 10.3. The Morgan fingerprint density at radius 3 is 3.09 bits per heavy atom. The molecule has 0 radical (unpaired) electrons. The van der Waals surface area contributed by atoms with Crippen molar-refractivity contribution in [2.45, 2.75) is 37.4 Å². The zero-order valence-corrected chi connectivity index (χ0v) is 13.0. The standard InChI is InChI=1S/C15H17N3O3S/c1-20-13-7-21-15(18-13)12-5-4-11(22-12)14(19)17-10-6-8-2-3-9(10)16-8/h4-5,7-10,16H,2-3,6H2,1H3,(H,17,19)/t8-,9+,10-/m1/s1. The zero-order chi connectivity index (χ0) is 15.1. The van der Waals surface area contributed by atoms with E-state index in [0.717, 1.165) is 17.7 Å². The minimum atomic E-state index is -0.0193. The van der Waals surface area contributed by atoms with Crippen LogP contribution in [0.4, 0.5) is 0 Å². The summed E-state index contributed by atoms with van der Waals surface area (Å²) in [6.07, 6.45) is 4.87. The van der Waals surface area contributed by atoms with E-state index < -0.39 is 0 Å². The van der Waals surface area contributed by atoms with E-state index in [4.69, 9.17) is 9.15 Å². The van der Waals surface area contributed by atoms with E-state index >= 15 is 0 Å². The number of fused-ring (bicyclic) bond motifs is 2. The quantitative estimate of drug-likeness (QED) is 0.902. The highest BCUT2D eigenvalue weighted by molar-refractivity contribution is 7.17. The van der Waals surface area contributed by atoms with Gasteiger partial charge in [-0.1, -0.05) is 0 Å². The SMILES string of the molecule is COc1coc(-c2ccc(C(=O)N[C@@H]3C[C@H]4CC[C@@H]3N4)s2)n1. The number of methoxy groups -OCH3 is 1. The number of rotatable bonds is 4. The van der Waals surface area contributed by atoms with Crippen molar-refractivity contribution in [2.24, 2.45) is 0 Å². The molecular formula is C15H17N3O3S. The largest absolute Gasteiger partial charge is 0.479 e. The van der Waals surface area contributed by atoms with E-state index in [9.17, 15) is 4.79 Å². The highest BCUT2D eigenvalue weighted by atomic mass is 32.1. The molecule has 1 amide bonds. The van der Waals surface area contributed by atoms with E-state index in [-0.39, 0.29) is 11.9 Å². The molecule has 4 heterocycles. The van der Waals surface area contributed by atoms with E-state index in [1.807, 2.05) is 12.1 Å². The highest BCUT2D eigenvalue weighted by Crippen LogP contribution is 2.31. The Bertz CT molecular complexity index is 696. The van der Waals surface area contributed by atoms with Gasteiger partial charge in [0.25, 0.3) is 11.8 Å². The van der Waals surface area contributed by atoms with Crippen LogP contribution in [0.3, 0.4) is 0 Å². The second kappa shape index (κ2) is 5.40. The number of nitrogens with one attached hydrogen (secondary N) is 2. The second-order valence-corrected chi connectivity index (χ2v) is 6.81. The molecule has 7 heteroatoms. The topological polar surface area (TPSA) is 76.4 Å². The number of amides is 1. The Kier molecular flexibility index (Phi) is 3.38. The minimum Gasteiger partial charge on any atom is -0.479 e. The summed E-state index contributed by atoms with van der Waals surface area (Å²) in [7, 11) is 1.54. The first-order valence-electron chi connectivity index (χ1n) is 7.39. The van der Waals surface area contributed by atoms with Gasteiger partial charge in [-0.05, 0) is 31.4 Å². The number of thiophene rings is 1. The maximum absolute atomic E-state index is 12.4. The number of carbonyl (C=O) groups excluding carboxylic acids is 1. The van der Waals surface area contributed by atoms with Crippen molar-refractivity contribution in [1.82, 2.24) is 15.6 Å². The second-order valence-electron chi connectivity index (χ2n) is 5.72. The minimum absolute atomic E-state index is 0.0193. The number of carbonyl (C=O) groups is 1. The van der Waals surface area contributed by atoms with Crippen LogP contribution in [0.2, 0.25) is 0 Å². The summed E-state index contributed by atoms with van der Waals surface area (Å²) in [5, 5.41) is 6.67. The van der Waals surface area contributed by atoms with Crippen molar-refractivity contribution in [1.29, 1.82) is 0 Å². The van der Waals surface area contributed by atoms with Crippen LogP contribution in [0.15, 0.2) is 22.8 Å². The predicted molar refractivity (Wildman–Crippen MR) is 82.2 cm³/mol. The number of ether oxygens (including phenoxy) is 1. The maximum atomic E-state index is 12.4. The van der Waals surface area contributed by atoms with Gasteiger partial charge in [0, 0.05) is 18.1 Å². The van der Waals surface area contributed by atoms with Crippen molar-refractivity contribution in [3.63, 3.8) is 0 Å². The smallest absolute Gasteiger partial charge is 0.261 e. The van der Waals surface area contributed by atoms with Gasteiger partial charge in [-0.2, -0.15) is 4.98 Å². The monoisotopic (exact) mass is 319 g/mol. The molecule has 2 fully saturated rings. The van der Waals surface area contributed by atoms with E-state index in [0.29, 0.717) is 28.7 Å². The van der Waals surface area contributed by atoms with Crippen molar-refractivity contribution in [3.05, 3.63) is 23.3 Å². The van der Waals surface area contributed by atoms with Crippen molar-refractivity contribution >= 4 is 17.2 Å². The molecular weight excluding hydrogens is 302 g/mol. The number of hydrogen-bond donors (Lipinski definition) is 2. The molecule has 0 spiro atoms. The van der Waals surface area contributed by atoms with Gasteiger partial charge in [0.1, 0.15) is 0 Å². The molecule has 116 valence electrons. The van der Waals surface area contributed by atoms with Crippen LogP contribution in [0.5, 0.6) is 5.88 Å². The Morgan fingerprint density at radius 2 is 2.41 bits per heavy atom. The third-order valence-electron chi connectivity index (χ3n) is 4.35. The third-order valence-corrected chi connectivity index (χ3v) is 5.42. The van der Waals surface area contributed by atoms with Gasteiger partial charge in [-0.3, -0.25) is 4.79 Å². The van der Waals surface area contributed by atoms with Crippen LogP contribution in [0, 0.1) is 0 Å². The molecule has 2 aromatic rings. The van der Waals surface area contributed by atoms with Crippen LogP contribution in [0.1, 0.15) is 28.9 Å². The van der Waals surface area contributed by atoms with Crippen LogP contribution in [0.25, 0.3) is 10.8 Å². The summed E-state index contributed by atoms with van der Waals surface area (Å²) in [6, 6.07) is 4.92. The Balaban J connectivity index is 1.45. The maximum Gasteiger partial charge on any atom is 0.261 e. The number of aromatic nitrogens is 1. The lowest BCUT2D eigenvalue weighted by Crippen LogP contribution is -2.42. The predicted octanol–water partition coefficient (Wildman–Crippen LogP) is 2.03. The molecule has 0 aliphatic carbocycles. The molecule has 2 saturated heterocycles. The van der Waals surface area contributed by atoms with Gasteiger partial charge in [-0.15, -0.1) is 11.3 Å². The van der Waals surface area contributed by atoms with Gasteiger partial charge >= 0.3 is 0 Å². The van der Waals surface area contributed by atoms with Crippen LogP contribution in [-0.2, 0) is 0 Å². The number of nitrogens with zero attached hydrogens (tertiary/aromatic N) is 1. The molecule has 2 aliphatic rings. The fourth-order valence-corrected chi connectivity index (χ4v) is 4.11. The lowest BCUT2D eigenvalue weighted by Gasteiger charge is -2.20. The lowest BCUT2D eigenvalue weighted by molar-refractivity contribution is 0.0935. The molecule has 2 N–H and O–H groups in total. The van der Waals surface area contributed by atoms with E-state index in [1.165, 1.54) is 31.1 Å². The molecule has 2 aliphatic heterocycles. The molecule has 2 bridgehead atoms. The van der Waals surface area contributed by atoms with Crippen molar-refractivity contribution in [3.8, 4) is 16.6 Å². The van der Waals surface area contributed by atoms with Crippen LogP contribution in [-0.4, -0.2) is 36.1 Å². The van der Waals surface area contributed by atoms with Crippen LogP contribution < -0.4 is 15.4 Å². The van der Waals surface area contributed by atoms with E-state index in [2.05, 4.69) is 15.6 Å². The summed E-state index contributed by atoms with van der Waals surface area (Å²) in [6.45, 7) is 0. The fourth-order valence-electron chi connectivity index (χ4n) is 3.26. The average molecular weight is 319 g/mol. The average Bonchev–Trinajstić information content (AvgIpc) is 3.28. The van der Waals surface area contributed by atoms with E-state index in [1.54, 1.807) is 0 Å². The van der Waals surface area contributed by atoms with Gasteiger partial charge in [0.2, 0.25) is 5.89 Å². The molecule has 4 rings (SSSR count). The lowest BCUT2D eigenvalue weighted by atomic mass is 9.95. The Labute approximate surface area is 131 Å². The first-order valence-corrected chi connectivity index (χ1v) is 8.21. The van der Waals surface area contributed by atoms with Crippen LogP contribution >= 0.6 is 11.3 Å². The summed E-state index contributed by atoms with van der Waals surface area (Å²) in [5.41, 5.74) is 0. The van der Waals surface area contributed by atoms with Gasteiger partial charge in [-0.25, -0.2) is 0 Å². The van der Waals surface area contributed by atoms with Gasteiger partial charge < -0.3 is 19.8 Å². The highest BCUT2D eigenvalue weighted by Gasteiger charge is 2.39. The Morgan fingerprint density at radius 1 is 1.50 bits per heavy atom. The van der Waals surface area contributed by atoms with Crippen molar-refractivity contribution in [2.75, 3.05) is 7.11 Å². The molecule has 6 nitrogen and oxygen atoms in total. The molecule has 0 unspecified atom stereocenters. The van der Waals surface area contributed by atoms with Gasteiger partial charge in [0.15, 0.2) is 6.26 Å². The third kappa shape index (κ3) is 2.40. The zero-order valence-electron chi connectivity index (χ0n) is 12.2. The summed E-state index contributed by atoms with van der Waals surface area (Å²) >= 11 is 1.38.